The second-order valence-electron chi connectivity index (χ2n) is 5.32. The Morgan fingerprint density at radius 2 is 2.29 bits per heavy atom. The van der Waals surface area contributed by atoms with E-state index in [9.17, 15) is 9.59 Å². The van der Waals surface area contributed by atoms with Crippen LogP contribution in [0.1, 0.15) is 18.9 Å². The molecule has 2 N–H and O–H groups in total. The van der Waals surface area contributed by atoms with Crippen molar-refractivity contribution in [3.05, 3.63) is 41.3 Å². The number of thiophene rings is 1. The van der Waals surface area contributed by atoms with Crippen LogP contribution < -0.4 is 15.5 Å². The Bertz CT molecular complexity index is 803. The monoisotopic (exact) mass is 361 g/mol. The number of hydrogen-bond donors (Lipinski definition) is 3. The lowest BCUT2D eigenvalue weighted by Crippen LogP contribution is -2.32. The molecule has 0 saturated heterocycles. The molecule has 24 heavy (non-hydrogen) atoms. The number of nitrogens with one attached hydrogen (secondary N) is 2. The molecule has 0 saturated carbocycles. The van der Waals surface area contributed by atoms with Crippen LogP contribution in [-0.2, 0) is 4.79 Å². The van der Waals surface area contributed by atoms with E-state index in [4.69, 9.17) is 4.74 Å². The van der Waals surface area contributed by atoms with E-state index >= 15 is 0 Å². The number of ether oxygens (including phenoxy) is 1. The number of hydrogen-bond acceptors (Lipinski definition) is 6. The van der Waals surface area contributed by atoms with E-state index in [0.29, 0.717) is 22.1 Å². The number of carbonyl (C=O) groups excluding carboxylic acids is 2. The highest BCUT2D eigenvalue weighted by Crippen LogP contribution is 2.26. The van der Waals surface area contributed by atoms with Gasteiger partial charge in [0.05, 0.1) is 11.4 Å². The van der Waals surface area contributed by atoms with Gasteiger partial charge >= 0.3 is 6.09 Å². The van der Waals surface area contributed by atoms with Gasteiger partial charge in [-0.25, -0.2) is 10.2 Å². The summed E-state index contributed by atoms with van der Waals surface area (Å²) in [7, 11) is 0. The van der Waals surface area contributed by atoms with Gasteiger partial charge in [-0.15, -0.1) is 24.0 Å². The summed E-state index contributed by atoms with van der Waals surface area (Å²) in [6.07, 6.45) is -0.207. The van der Waals surface area contributed by atoms with Gasteiger partial charge in [0.1, 0.15) is 0 Å². The number of rotatable bonds is 3. The molecule has 0 bridgehead atoms. The van der Waals surface area contributed by atoms with E-state index in [0.717, 1.165) is 11.3 Å². The summed E-state index contributed by atoms with van der Waals surface area (Å²) in [5, 5.41) is 9.14. The Morgan fingerprint density at radius 1 is 1.46 bits per heavy atom. The molecule has 1 aromatic carbocycles. The van der Waals surface area contributed by atoms with Crippen LogP contribution >= 0.6 is 24.0 Å². The third-order valence-electron chi connectivity index (χ3n) is 3.48. The summed E-state index contributed by atoms with van der Waals surface area (Å²) in [5.74, 6) is -0.106. The lowest BCUT2D eigenvalue weighted by atomic mass is 9.94. The minimum Gasteiger partial charge on any atom is -0.399 e. The zero-order chi connectivity index (χ0) is 17.1. The maximum Gasteiger partial charge on any atom is 0.417 e. The van der Waals surface area contributed by atoms with Crippen molar-refractivity contribution in [2.75, 3.05) is 5.32 Å². The molecule has 3 rings (SSSR count). The summed E-state index contributed by atoms with van der Waals surface area (Å²) in [6.45, 7) is 1.93. The van der Waals surface area contributed by atoms with Crippen molar-refractivity contribution in [2.45, 2.75) is 18.2 Å². The first-order valence-electron chi connectivity index (χ1n) is 7.25. The van der Waals surface area contributed by atoms with Crippen molar-refractivity contribution in [1.82, 2.24) is 5.43 Å². The molecule has 0 aliphatic carbocycles. The molecule has 0 spiro atoms. The molecule has 1 aliphatic rings. The minimum atomic E-state index is -0.586. The lowest BCUT2D eigenvalue weighted by molar-refractivity contribution is -0.121. The van der Waals surface area contributed by atoms with Gasteiger partial charge < -0.3 is 4.74 Å². The zero-order valence-electron chi connectivity index (χ0n) is 12.8. The SMILES string of the molecule is CC1CC(=O)NN=C1c1ccc(S)c(NC(=O)Oc2cccs2)c1. The first kappa shape index (κ1) is 16.5. The number of amides is 2. The van der Waals surface area contributed by atoms with Crippen LogP contribution in [0.2, 0.25) is 0 Å². The first-order chi connectivity index (χ1) is 11.5. The van der Waals surface area contributed by atoms with Crippen LogP contribution in [0.15, 0.2) is 45.7 Å². The molecule has 2 aromatic rings. The molecule has 6 nitrogen and oxygen atoms in total. The average molecular weight is 361 g/mol. The highest BCUT2D eigenvalue weighted by atomic mass is 32.1. The third kappa shape index (κ3) is 3.77. The molecule has 1 aromatic heterocycles. The van der Waals surface area contributed by atoms with E-state index in [1.54, 1.807) is 24.3 Å². The van der Waals surface area contributed by atoms with Gasteiger partial charge in [-0.2, -0.15) is 5.10 Å². The van der Waals surface area contributed by atoms with Gasteiger partial charge in [0.25, 0.3) is 0 Å². The van der Waals surface area contributed by atoms with Gasteiger partial charge in [-0.05, 0) is 29.6 Å². The number of nitrogens with zero attached hydrogens (tertiary/aromatic N) is 1. The smallest absolute Gasteiger partial charge is 0.399 e. The number of anilines is 1. The molecule has 1 unspecified atom stereocenters. The van der Waals surface area contributed by atoms with E-state index < -0.39 is 6.09 Å². The number of thiol groups is 1. The normalized spacial score (nSPS) is 17.0. The van der Waals surface area contributed by atoms with Gasteiger partial charge in [-0.1, -0.05) is 13.0 Å². The van der Waals surface area contributed by atoms with E-state index in [-0.39, 0.29) is 11.8 Å². The maximum absolute atomic E-state index is 12.0. The number of carbonyl (C=O) groups is 2. The Morgan fingerprint density at radius 3 is 3.00 bits per heavy atom. The van der Waals surface area contributed by atoms with Crippen LogP contribution in [0, 0.1) is 5.92 Å². The fourth-order valence-corrected chi connectivity index (χ4v) is 3.11. The Hall–Kier alpha value is -2.32. The van der Waals surface area contributed by atoms with Gasteiger partial charge in [0.15, 0.2) is 5.06 Å². The van der Waals surface area contributed by atoms with Crippen LogP contribution in [0.25, 0.3) is 0 Å². The Balaban J connectivity index is 1.79. The molecule has 0 radical (unpaired) electrons. The molecule has 1 aliphatic heterocycles. The van der Waals surface area contributed by atoms with Crippen LogP contribution in [0.4, 0.5) is 10.5 Å². The fraction of sp³-hybridized carbons (Fsp3) is 0.188. The predicted molar refractivity (Wildman–Crippen MR) is 96.1 cm³/mol. The van der Waals surface area contributed by atoms with Crippen LogP contribution in [0.5, 0.6) is 5.06 Å². The fourth-order valence-electron chi connectivity index (χ4n) is 2.35. The zero-order valence-corrected chi connectivity index (χ0v) is 14.5. The Labute approximate surface area is 148 Å². The Kier molecular flexibility index (Phi) is 4.86. The van der Waals surface area contributed by atoms with Gasteiger partial charge in [-0.3, -0.25) is 10.1 Å². The minimum absolute atomic E-state index is 0.00422. The second kappa shape index (κ2) is 7.06. The van der Waals surface area contributed by atoms with E-state index in [1.165, 1.54) is 11.3 Å². The molecule has 8 heteroatoms. The molecular formula is C16H15N3O3S2. The highest BCUT2D eigenvalue weighted by Gasteiger charge is 2.22. The summed E-state index contributed by atoms with van der Waals surface area (Å²) in [6, 6.07) is 8.90. The molecule has 124 valence electrons. The third-order valence-corrected chi connectivity index (χ3v) is 4.61. The second-order valence-corrected chi connectivity index (χ2v) is 6.71. The van der Waals surface area contributed by atoms with Crippen molar-refractivity contribution in [3.8, 4) is 5.06 Å². The van der Waals surface area contributed by atoms with Gasteiger partial charge in [0, 0.05) is 22.8 Å². The lowest BCUT2D eigenvalue weighted by Gasteiger charge is -2.20. The van der Waals surface area contributed by atoms with Crippen LogP contribution in [-0.4, -0.2) is 17.7 Å². The van der Waals surface area contributed by atoms with Crippen molar-refractivity contribution in [1.29, 1.82) is 0 Å². The highest BCUT2D eigenvalue weighted by molar-refractivity contribution is 7.80. The topological polar surface area (TPSA) is 79.8 Å². The molecule has 2 amide bonds. The predicted octanol–water partition coefficient (Wildman–Crippen LogP) is 3.51. The molecule has 2 heterocycles. The van der Waals surface area contributed by atoms with Crippen molar-refractivity contribution in [2.24, 2.45) is 11.0 Å². The summed E-state index contributed by atoms with van der Waals surface area (Å²) in [5.41, 5.74) is 4.58. The van der Waals surface area contributed by atoms with Gasteiger partial charge in [0.2, 0.25) is 5.91 Å². The summed E-state index contributed by atoms with van der Waals surface area (Å²) < 4.78 is 5.18. The van der Waals surface area contributed by atoms with E-state index in [1.807, 2.05) is 18.4 Å². The maximum atomic E-state index is 12.0. The summed E-state index contributed by atoms with van der Waals surface area (Å²) in [4.78, 5) is 24.0. The van der Waals surface area contributed by atoms with E-state index in [2.05, 4.69) is 28.5 Å². The van der Waals surface area contributed by atoms with Crippen molar-refractivity contribution < 1.29 is 14.3 Å². The first-order valence-corrected chi connectivity index (χ1v) is 8.58. The quantitative estimate of drug-likeness (QED) is 0.732. The van der Waals surface area contributed by atoms with Crippen molar-refractivity contribution >= 4 is 47.4 Å². The average Bonchev–Trinajstić information content (AvgIpc) is 3.02. The van der Waals surface area contributed by atoms with Crippen LogP contribution in [0.3, 0.4) is 0 Å². The number of hydrazone groups is 1. The summed E-state index contributed by atoms with van der Waals surface area (Å²) >= 11 is 5.69. The molecule has 1 atom stereocenters. The largest absolute Gasteiger partial charge is 0.417 e. The van der Waals surface area contributed by atoms with Crippen molar-refractivity contribution in [3.63, 3.8) is 0 Å². The number of benzene rings is 1. The molecular weight excluding hydrogens is 346 g/mol. The standard InChI is InChI=1S/C16H15N3O3S2/c1-9-7-13(20)18-19-15(9)10-4-5-12(23)11(8-10)17-16(21)22-14-3-2-6-24-14/h2-6,8-9,23H,7H2,1H3,(H,17,21)(H,18,20). The molecule has 0 fully saturated rings.